The maximum atomic E-state index is 13.6. The van der Waals surface area contributed by atoms with E-state index in [4.69, 9.17) is 4.74 Å². The van der Waals surface area contributed by atoms with Crippen molar-refractivity contribution in [2.75, 3.05) is 11.9 Å². The van der Waals surface area contributed by atoms with Crippen molar-refractivity contribution < 1.29 is 24.2 Å². The summed E-state index contributed by atoms with van der Waals surface area (Å²) < 4.78 is 6.79. The summed E-state index contributed by atoms with van der Waals surface area (Å²) in [5, 5.41) is 15.2. The van der Waals surface area contributed by atoms with Gasteiger partial charge >= 0.3 is 6.09 Å². The predicted octanol–water partition coefficient (Wildman–Crippen LogP) is 3.53. The molecule has 0 saturated heterocycles. The van der Waals surface area contributed by atoms with Gasteiger partial charge in [0, 0.05) is 24.6 Å². The van der Waals surface area contributed by atoms with Gasteiger partial charge in [-0.1, -0.05) is 49.4 Å². The third-order valence-electron chi connectivity index (χ3n) is 5.88. The average molecular weight is 523 g/mol. The van der Waals surface area contributed by atoms with E-state index in [9.17, 15) is 24.3 Å². The molecule has 1 heterocycles. The minimum absolute atomic E-state index is 0.0298. The monoisotopic (exact) mass is 522 g/mol. The number of hydrogen-bond acceptors (Lipinski definition) is 7. The Labute approximate surface area is 221 Å². The number of aliphatic hydroxyl groups is 1. The summed E-state index contributed by atoms with van der Waals surface area (Å²) in [5.41, 5.74) is -0.110. The molecule has 10 nitrogen and oxygen atoms in total. The molecule has 1 aliphatic rings. The highest BCUT2D eigenvalue weighted by Gasteiger charge is 2.24. The number of nitrogens with zero attached hydrogens (tertiary/aromatic N) is 2. The maximum Gasteiger partial charge on any atom is 0.412 e. The normalized spacial score (nSPS) is 16.0. The molecule has 2 aromatic rings. The van der Waals surface area contributed by atoms with Gasteiger partial charge in [0.2, 0.25) is 5.91 Å². The van der Waals surface area contributed by atoms with E-state index in [0.717, 1.165) is 0 Å². The molecule has 38 heavy (non-hydrogen) atoms. The lowest BCUT2D eigenvalue weighted by Crippen LogP contribution is -2.34. The van der Waals surface area contributed by atoms with Crippen LogP contribution in [0.5, 0.6) is 0 Å². The number of benzene rings is 1. The molecule has 2 unspecified atom stereocenters. The second-order valence-corrected chi connectivity index (χ2v) is 9.95. The predicted molar refractivity (Wildman–Crippen MR) is 144 cm³/mol. The minimum Gasteiger partial charge on any atom is -0.444 e. The summed E-state index contributed by atoms with van der Waals surface area (Å²) in [6, 6.07) is 8.78. The van der Waals surface area contributed by atoms with Gasteiger partial charge in [0.25, 0.3) is 5.56 Å². The third kappa shape index (κ3) is 7.48. The number of ketones is 1. The molecule has 202 valence electrons. The Hall–Kier alpha value is -4.05. The van der Waals surface area contributed by atoms with Gasteiger partial charge in [-0.25, -0.2) is 9.78 Å². The van der Waals surface area contributed by atoms with Gasteiger partial charge in [-0.05, 0) is 45.3 Å². The Morgan fingerprint density at radius 2 is 1.89 bits per heavy atom. The van der Waals surface area contributed by atoms with E-state index in [1.54, 1.807) is 26.8 Å². The Morgan fingerprint density at radius 3 is 2.55 bits per heavy atom. The zero-order valence-corrected chi connectivity index (χ0v) is 22.1. The molecular formula is C28H34N4O6. The van der Waals surface area contributed by atoms with E-state index in [1.807, 2.05) is 37.3 Å². The molecule has 0 radical (unpaired) electrons. The number of anilines is 1. The first kappa shape index (κ1) is 28.5. The van der Waals surface area contributed by atoms with Gasteiger partial charge in [0.15, 0.2) is 5.78 Å². The highest BCUT2D eigenvalue weighted by Crippen LogP contribution is 2.25. The number of aliphatic hydroxyl groups excluding tert-OH is 1. The molecule has 1 aliphatic carbocycles. The molecule has 1 aromatic heterocycles. The molecule has 0 bridgehead atoms. The van der Waals surface area contributed by atoms with Crippen molar-refractivity contribution in [1.82, 2.24) is 14.9 Å². The highest BCUT2D eigenvalue weighted by atomic mass is 16.6. The SMILES string of the molecule is CCC(CCC(=O)NCC1=CC=CC(=O)C1O)n1c(-c2ccccc2)ncc(NC(=O)OC(C)(C)C)c1=O. The molecule has 0 saturated carbocycles. The van der Waals surface area contributed by atoms with E-state index in [-0.39, 0.29) is 24.6 Å². The van der Waals surface area contributed by atoms with Crippen molar-refractivity contribution in [3.8, 4) is 11.4 Å². The smallest absolute Gasteiger partial charge is 0.412 e. The second kappa shape index (κ2) is 12.5. The first-order valence-electron chi connectivity index (χ1n) is 12.5. The van der Waals surface area contributed by atoms with Crippen molar-refractivity contribution in [2.24, 2.45) is 0 Å². The number of nitrogens with one attached hydrogen (secondary N) is 2. The first-order valence-corrected chi connectivity index (χ1v) is 12.5. The van der Waals surface area contributed by atoms with Gasteiger partial charge in [0.05, 0.1) is 6.20 Å². The lowest BCUT2D eigenvalue weighted by molar-refractivity contribution is -0.122. The van der Waals surface area contributed by atoms with Gasteiger partial charge in [-0.15, -0.1) is 0 Å². The molecule has 0 aliphatic heterocycles. The lowest BCUT2D eigenvalue weighted by Gasteiger charge is -2.23. The van der Waals surface area contributed by atoms with E-state index in [2.05, 4.69) is 15.6 Å². The summed E-state index contributed by atoms with van der Waals surface area (Å²) >= 11 is 0. The molecule has 0 fully saturated rings. The number of carbonyl (C=O) groups is 3. The van der Waals surface area contributed by atoms with Crippen molar-refractivity contribution >= 4 is 23.5 Å². The van der Waals surface area contributed by atoms with Crippen LogP contribution >= 0.6 is 0 Å². The number of aromatic nitrogens is 2. The van der Waals surface area contributed by atoms with Crippen LogP contribution in [0.4, 0.5) is 10.5 Å². The number of ether oxygens (including phenoxy) is 1. The zero-order chi connectivity index (χ0) is 27.9. The van der Waals surface area contributed by atoms with Gasteiger partial charge in [0.1, 0.15) is 23.2 Å². The molecule has 3 rings (SSSR count). The van der Waals surface area contributed by atoms with Crippen LogP contribution in [-0.2, 0) is 14.3 Å². The summed E-state index contributed by atoms with van der Waals surface area (Å²) in [5.74, 6) is -0.301. The van der Waals surface area contributed by atoms with Crippen LogP contribution in [0.2, 0.25) is 0 Å². The van der Waals surface area contributed by atoms with Crippen molar-refractivity contribution in [2.45, 2.75) is 64.7 Å². The fourth-order valence-corrected chi connectivity index (χ4v) is 4.00. The Kier molecular flexibility index (Phi) is 9.35. The van der Waals surface area contributed by atoms with Crippen molar-refractivity contribution in [3.63, 3.8) is 0 Å². The molecular weight excluding hydrogens is 488 g/mol. The summed E-state index contributed by atoms with van der Waals surface area (Å²) in [6.07, 6.45) is 4.63. The van der Waals surface area contributed by atoms with E-state index >= 15 is 0 Å². The number of hydrogen-bond donors (Lipinski definition) is 3. The van der Waals surface area contributed by atoms with Crippen LogP contribution in [0, 0.1) is 0 Å². The quantitative estimate of drug-likeness (QED) is 0.458. The van der Waals surface area contributed by atoms with Crippen LogP contribution in [0.25, 0.3) is 11.4 Å². The largest absolute Gasteiger partial charge is 0.444 e. The molecule has 2 atom stereocenters. The van der Waals surface area contributed by atoms with Gasteiger partial charge in [-0.3, -0.25) is 24.3 Å². The molecule has 2 amide bonds. The number of carbonyl (C=O) groups excluding carboxylic acids is 3. The fraction of sp³-hybridized carbons (Fsp3) is 0.393. The molecule has 3 N–H and O–H groups in total. The van der Waals surface area contributed by atoms with Crippen LogP contribution in [-0.4, -0.2) is 50.7 Å². The number of rotatable bonds is 9. The van der Waals surface area contributed by atoms with Crippen LogP contribution in [0.3, 0.4) is 0 Å². The Morgan fingerprint density at radius 1 is 1.18 bits per heavy atom. The van der Waals surface area contributed by atoms with Crippen LogP contribution in [0.1, 0.15) is 53.0 Å². The lowest BCUT2D eigenvalue weighted by atomic mass is 10.0. The van der Waals surface area contributed by atoms with E-state index < -0.39 is 35.2 Å². The second-order valence-electron chi connectivity index (χ2n) is 9.95. The first-order chi connectivity index (χ1) is 18.0. The van der Waals surface area contributed by atoms with Crippen LogP contribution in [0.15, 0.2) is 65.1 Å². The number of amides is 2. The average Bonchev–Trinajstić information content (AvgIpc) is 2.86. The van der Waals surface area contributed by atoms with Gasteiger partial charge in [-0.2, -0.15) is 0 Å². The van der Waals surface area contributed by atoms with Crippen molar-refractivity contribution in [3.05, 3.63) is 70.7 Å². The summed E-state index contributed by atoms with van der Waals surface area (Å²) in [4.78, 5) is 54.7. The fourth-order valence-electron chi connectivity index (χ4n) is 4.00. The van der Waals surface area contributed by atoms with E-state index in [0.29, 0.717) is 29.8 Å². The van der Waals surface area contributed by atoms with E-state index in [1.165, 1.54) is 22.9 Å². The summed E-state index contributed by atoms with van der Waals surface area (Å²) in [6.45, 7) is 7.11. The summed E-state index contributed by atoms with van der Waals surface area (Å²) in [7, 11) is 0. The minimum atomic E-state index is -1.26. The highest BCUT2D eigenvalue weighted by molar-refractivity contribution is 5.97. The third-order valence-corrected chi connectivity index (χ3v) is 5.88. The molecule has 1 aromatic carbocycles. The van der Waals surface area contributed by atoms with Gasteiger partial charge < -0.3 is 15.2 Å². The topological polar surface area (TPSA) is 140 Å². The van der Waals surface area contributed by atoms with Crippen molar-refractivity contribution in [1.29, 1.82) is 0 Å². The number of allylic oxidation sites excluding steroid dienone is 2. The molecule has 0 spiro atoms. The Bertz CT molecular complexity index is 1290. The molecule has 10 heteroatoms. The Balaban J connectivity index is 1.82. The van der Waals surface area contributed by atoms with Crippen LogP contribution < -0.4 is 16.2 Å². The zero-order valence-electron chi connectivity index (χ0n) is 22.1. The standard InChI is InChI=1S/C28H34N4O6/c1-5-20(14-15-23(34)29-16-19-12-9-13-22(33)24(19)35)32-25(18-10-7-6-8-11-18)30-17-21(26(32)36)31-27(37)38-28(2,3)4/h6-13,17,20,24,35H,5,14-16H2,1-4H3,(H,29,34)(H,31,37). The maximum absolute atomic E-state index is 13.6.